The van der Waals surface area contributed by atoms with Gasteiger partial charge in [0.2, 0.25) is 5.91 Å². The van der Waals surface area contributed by atoms with Crippen LogP contribution < -0.4 is 14.8 Å². The topological polar surface area (TPSA) is 69.6 Å². The van der Waals surface area contributed by atoms with E-state index in [0.717, 1.165) is 22.5 Å². The first kappa shape index (κ1) is 22.2. The molecule has 6 heteroatoms. The molecule has 1 heterocycles. The number of hydrogen-bond acceptors (Lipinski definition) is 4. The van der Waals surface area contributed by atoms with Crippen molar-refractivity contribution in [1.82, 2.24) is 9.88 Å². The number of nitrogens with one attached hydrogen (secondary N) is 1. The zero-order chi connectivity index (χ0) is 22.4. The minimum atomic E-state index is -0.105. The van der Waals surface area contributed by atoms with E-state index in [2.05, 4.69) is 5.32 Å². The number of carbonyl (C=O) groups is 2. The minimum Gasteiger partial charge on any atom is -0.493 e. The predicted octanol–water partition coefficient (Wildman–Crippen LogP) is 4.04. The molecule has 6 nitrogen and oxygen atoms in total. The summed E-state index contributed by atoms with van der Waals surface area (Å²) in [6, 6.07) is 17.4. The Balaban J connectivity index is 1.70. The van der Waals surface area contributed by atoms with E-state index in [1.165, 1.54) is 0 Å². The molecule has 0 bridgehead atoms. The summed E-state index contributed by atoms with van der Waals surface area (Å²) in [6.07, 6.45) is 0.668. The molecule has 3 rings (SSSR count). The lowest BCUT2D eigenvalue weighted by atomic mass is 10.1. The predicted molar refractivity (Wildman–Crippen MR) is 121 cm³/mol. The molecule has 2 aromatic carbocycles. The molecule has 162 valence electrons. The molecule has 3 aromatic rings. The Kier molecular flexibility index (Phi) is 7.13. The Labute approximate surface area is 182 Å². The van der Waals surface area contributed by atoms with E-state index in [1.807, 2.05) is 66.1 Å². The summed E-state index contributed by atoms with van der Waals surface area (Å²) in [5, 5.41) is 2.97. The van der Waals surface area contributed by atoms with E-state index < -0.39 is 0 Å². The maximum atomic E-state index is 12.7. The standard InChI is InChI=1S/C25H28N2O4/c1-17-21(18(2)28)15-22(20-8-6-5-7-9-20)27(17)16-25(29)26-13-12-19-10-11-23(30-3)24(14-19)31-4/h5-11,14-15H,12-13,16H2,1-4H3,(H,26,29). The van der Waals surface area contributed by atoms with Gasteiger partial charge in [0.25, 0.3) is 0 Å². The lowest BCUT2D eigenvalue weighted by Gasteiger charge is -2.13. The number of carbonyl (C=O) groups excluding carboxylic acids is 2. The van der Waals surface area contributed by atoms with Crippen molar-refractivity contribution in [3.8, 4) is 22.8 Å². The third-order valence-corrected chi connectivity index (χ3v) is 5.30. The van der Waals surface area contributed by atoms with Crippen molar-refractivity contribution in [2.24, 2.45) is 0 Å². The molecule has 1 amide bonds. The van der Waals surface area contributed by atoms with Gasteiger partial charge in [-0.15, -0.1) is 0 Å². The number of methoxy groups -OCH3 is 2. The number of aromatic nitrogens is 1. The molecule has 0 aliphatic carbocycles. The second kappa shape index (κ2) is 9.98. The first-order chi connectivity index (χ1) is 14.9. The largest absolute Gasteiger partial charge is 0.493 e. The molecule has 0 radical (unpaired) electrons. The van der Waals surface area contributed by atoms with Crippen molar-refractivity contribution >= 4 is 11.7 Å². The van der Waals surface area contributed by atoms with Gasteiger partial charge in [-0.05, 0) is 49.6 Å². The molecule has 0 saturated heterocycles. The maximum Gasteiger partial charge on any atom is 0.239 e. The van der Waals surface area contributed by atoms with Crippen LogP contribution in [-0.4, -0.2) is 37.0 Å². The molecule has 0 aliphatic heterocycles. The molecule has 0 spiro atoms. The molecule has 0 saturated carbocycles. The monoisotopic (exact) mass is 420 g/mol. The van der Waals surface area contributed by atoms with Crippen molar-refractivity contribution in [3.05, 3.63) is 71.4 Å². The molecule has 0 aliphatic rings. The van der Waals surface area contributed by atoms with Crippen LogP contribution in [0.15, 0.2) is 54.6 Å². The van der Waals surface area contributed by atoms with E-state index in [-0.39, 0.29) is 18.2 Å². The summed E-state index contributed by atoms with van der Waals surface area (Å²) in [5.41, 5.74) is 4.30. The molecule has 0 fully saturated rings. The zero-order valence-electron chi connectivity index (χ0n) is 18.4. The van der Waals surface area contributed by atoms with Gasteiger partial charge in [0, 0.05) is 23.5 Å². The number of benzene rings is 2. The first-order valence-electron chi connectivity index (χ1n) is 10.2. The Hall–Kier alpha value is -3.54. The second-order valence-corrected chi connectivity index (χ2v) is 7.33. The Morgan fingerprint density at radius 1 is 0.968 bits per heavy atom. The third-order valence-electron chi connectivity index (χ3n) is 5.30. The number of ether oxygens (including phenoxy) is 2. The van der Waals surface area contributed by atoms with Gasteiger partial charge in [-0.2, -0.15) is 0 Å². The quantitative estimate of drug-likeness (QED) is 0.531. The number of rotatable bonds is 9. The van der Waals surface area contributed by atoms with Crippen LogP contribution in [0, 0.1) is 6.92 Å². The summed E-state index contributed by atoms with van der Waals surface area (Å²) in [5.74, 6) is 1.22. The van der Waals surface area contributed by atoms with Crippen LogP contribution in [-0.2, 0) is 17.8 Å². The van der Waals surface area contributed by atoms with Crippen LogP contribution in [0.25, 0.3) is 11.3 Å². The molecular weight excluding hydrogens is 392 g/mol. The van der Waals surface area contributed by atoms with Gasteiger partial charge in [-0.25, -0.2) is 0 Å². The number of nitrogens with zero attached hydrogens (tertiary/aromatic N) is 1. The summed E-state index contributed by atoms with van der Waals surface area (Å²) in [6.45, 7) is 4.06. The van der Waals surface area contributed by atoms with Gasteiger partial charge in [0.05, 0.1) is 14.2 Å². The molecule has 0 atom stereocenters. The van der Waals surface area contributed by atoms with E-state index >= 15 is 0 Å². The zero-order valence-corrected chi connectivity index (χ0v) is 18.4. The van der Waals surface area contributed by atoms with Gasteiger partial charge in [0.1, 0.15) is 6.54 Å². The van der Waals surface area contributed by atoms with Gasteiger partial charge >= 0.3 is 0 Å². The summed E-state index contributed by atoms with van der Waals surface area (Å²) >= 11 is 0. The number of hydrogen-bond donors (Lipinski definition) is 1. The fraction of sp³-hybridized carbons (Fsp3) is 0.280. The molecular formula is C25H28N2O4. The maximum absolute atomic E-state index is 12.7. The van der Waals surface area contributed by atoms with E-state index in [4.69, 9.17) is 9.47 Å². The highest BCUT2D eigenvalue weighted by Gasteiger charge is 2.18. The van der Waals surface area contributed by atoms with E-state index in [9.17, 15) is 9.59 Å². The lowest BCUT2D eigenvalue weighted by Crippen LogP contribution is -2.30. The SMILES string of the molecule is COc1ccc(CCNC(=O)Cn2c(-c3ccccc3)cc(C(C)=O)c2C)cc1OC. The van der Waals surface area contributed by atoms with E-state index in [1.54, 1.807) is 21.1 Å². The minimum absolute atomic E-state index is 0.0118. The van der Waals surface area contributed by atoms with Crippen LogP contribution >= 0.6 is 0 Å². The van der Waals surface area contributed by atoms with Gasteiger partial charge in [-0.3, -0.25) is 9.59 Å². The van der Waals surface area contributed by atoms with Gasteiger partial charge in [-0.1, -0.05) is 36.4 Å². The summed E-state index contributed by atoms with van der Waals surface area (Å²) < 4.78 is 12.5. The van der Waals surface area contributed by atoms with Crippen molar-refractivity contribution in [1.29, 1.82) is 0 Å². The Bertz CT molecular complexity index is 1070. The van der Waals surface area contributed by atoms with Crippen LogP contribution in [0.5, 0.6) is 11.5 Å². The second-order valence-electron chi connectivity index (χ2n) is 7.33. The lowest BCUT2D eigenvalue weighted by molar-refractivity contribution is -0.121. The highest BCUT2D eigenvalue weighted by molar-refractivity contribution is 5.97. The smallest absolute Gasteiger partial charge is 0.239 e. The van der Waals surface area contributed by atoms with Crippen LogP contribution in [0.4, 0.5) is 0 Å². The van der Waals surface area contributed by atoms with Crippen LogP contribution in [0.3, 0.4) is 0 Å². The normalized spacial score (nSPS) is 10.6. The fourth-order valence-corrected chi connectivity index (χ4v) is 3.64. The summed E-state index contributed by atoms with van der Waals surface area (Å²) in [4.78, 5) is 24.7. The van der Waals surface area contributed by atoms with Crippen molar-refractivity contribution < 1.29 is 19.1 Å². The highest BCUT2D eigenvalue weighted by atomic mass is 16.5. The average molecular weight is 421 g/mol. The average Bonchev–Trinajstić information content (AvgIpc) is 3.10. The van der Waals surface area contributed by atoms with Gasteiger partial charge < -0.3 is 19.4 Å². The number of Topliss-reactive ketones (excluding diaryl/α,β-unsaturated/α-hetero) is 1. The molecule has 1 aromatic heterocycles. The highest BCUT2D eigenvalue weighted by Crippen LogP contribution is 2.28. The van der Waals surface area contributed by atoms with E-state index in [0.29, 0.717) is 30.0 Å². The molecule has 0 unspecified atom stereocenters. The number of amides is 1. The molecule has 1 N–H and O–H groups in total. The van der Waals surface area contributed by atoms with Crippen molar-refractivity contribution in [2.45, 2.75) is 26.8 Å². The van der Waals surface area contributed by atoms with Crippen molar-refractivity contribution in [2.75, 3.05) is 20.8 Å². The van der Waals surface area contributed by atoms with Gasteiger partial charge in [0.15, 0.2) is 17.3 Å². The number of ketones is 1. The third kappa shape index (κ3) is 5.15. The van der Waals surface area contributed by atoms with Crippen molar-refractivity contribution in [3.63, 3.8) is 0 Å². The summed E-state index contributed by atoms with van der Waals surface area (Å²) in [7, 11) is 3.20. The fourth-order valence-electron chi connectivity index (χ4n) is 3.64. The Morgan fingerprint density at radius 2 is 1.68 bits per heavy atom. The van der Waals surface area contributed by atoms with Crippen LogP contribution in [0.1, 0.15) is 28.5 Å². The Morgan fingerprint density at radius 3 is 2.32 bits per heavy atom. The molecule has 31 heavy (non-hydrogen) atoms. The first-order valence-corrected chi connectivity index (χ1v) is 10.2. The van der Waals surface area contributed by atoms with Crippen LogP contribution in [0.2, 0.25) is 0 Å².